The molecule has 0 aromatic heterocycles. The fraction of sp³-hybridized carbons (Fsp3) is 0.467. The van der Waals surface area contributed by atoms with Crippen LogP contribution in [0.4, 0.5) is 0 Å². The SMILES string of the molecule is Cc1ccccc1C(C)NC(=O)C1CCC1C(=O)O. The molecule has 0 aliphatic heterocycles. The highest BCUT2D eigenvalue weighted by Crippen LogP contribution is 2.35. The average Bonchev–Trinajstić information content (AvgIpc) is 2.26. The molecule has 1 fully saturated rings. The third-order valence-corrected chi connectivity index (χ3v) is 3.94. The normalized spacial score (nSPS) is 23.3. The van der Waals surface area contributed by atoms with Gasteiger partial charge in [-0.25, -0.2) is 0 Å². The Morgan fingerprint density at radius 1 is 1.26 bits per heavy atom. The molecule has 3 unspecified atom stereocenters. The molecule has 4 heteroatoms. The Hall–Kier alpha value is -1.84. The van der Waals surface area contributed by atoms with Crippen LogP contribution < -0.4 is 5.32 Å². The van der Waals surface area contributed by atoms with E-state index in [9.17, 15) is 9.59 Å². The van der Waals surface area contributed by atoms with E-state index in [4.69, 9.17) is 5.11 Å². The molecular formula is C15H19NO3. The van der Waals surface area contributed by atoms with Crippen LogP contribution in [0.2, 0.25) is 0 Å². The maximum atomic E-state index is 12.1. The van der Waals surface area contributed by atoms with E-state index in [2.05, 4.69) is 5.32 Å². The van der Waals surface area contributed by atoms with Crippen molar-refractivity contribution >= 4 is 11.9 Å². The topological polar surface area (TPSA) is 66.4 Å². The molecule has 19 heavy (non-hydrogen) atoms. The van der Waals surface area contributed by atoms with Gasteiger partial charge in [0.15, 0.2) is 0 Å². The van der Waals surface area contributed by atoms with Crippen molar-refractivity contribution in [1.82, 2.24) is 5.32 Å². The molecule has 0 saturated heterocycles. The van der Waals surface area contributed by atoms with Gasteiger partial charge in [-0.15, -0.1) is 0 Å². The third-order valence-electron chi connectivity index (χ3n) is 3.94. The molecule has 0 bridgehead atoms. The third kappa shape index (κ3) is 2.78. The molecule has 1 aliphatic rings. The Balaban J connectivity index is 2.00. The minimum Gasteiger partial charge on any atom is -0.481 e. The maximum absolute atomic E-state index is 12.1. The highest BCUT2D eigenvalue weighted by atomic mass is 16.4. The van der Waals surface area contributed by atoms with Crippen molar-refractivity contribution in [1.29, 1.82) is 0 Å². The van der Waals surface area contributed by atoms with Crippen LogP contribution >= 0.6 is 0 Å². The second-order valence-electron chi connectivity index (χ2n) is 5.22. The summed E-state index contributed by atoms with van der Waals surface area (Å²) in [5.74, 6) is -1.89. The molecule has 1 aromatic rings. The Morgan fingerprint density at radius 3 is 2.42 bits per heavy atom. The van der Waals surface area contributed by atoms with Gasteiger partial charge in [0.1, 0.15) is 0 Å². The fourth-order valence-electron chi connectivity index (χ4n) is 2.58. The number of rotatable bonds is 4. The van der Waals surface area contributed by atoms with E-state index in [-0.39, 0.29) is 17.9 Å². The highest BCUT2D eigenvalue weighted by molar-refractivity contribution is 5.86. The second kappa shape index (κ2) is 5.43. The number of hydrogen-bond acceptors (Lipinski definition) is 2. The summed E-state index contributed by atoms with van der Waals surface area (Å²) in [5.41, 5.74) is 2.20. The molecule has 1 amide bonds. The van der Waals surface area contributed by atoms with E-state index in [1.54, 1.807) is 0 Å². The second-order valence-corrected chi connectivity index (χ2v) is 5.22. The number of carbonyl (C=O) groups is 2. The Kier molecular flexibility index (Phi) is 3.88. The van der Waals surface area contributed by atoms with Crippen LogP contribution in [0.5, 0.6) is 0 Å². The smallest absolute Gasteiger partial charge is 0.307 e. The summed E-state index contributed by atoms with van der Waals surface area (Å²) in [5, 5.41) is 11.9. The van der Waals surface area contributed by atoms with Gasteiger partial charge in [0.25, 0.3) is 0 Å². The van der Waals surface area contributed by atoms with Crippen LogP contribution in [0.1, 0.15) is 36.9 Å². The largest absolute Gasteiger partial charge is 0.481 e. The number of hydrogen-bond donors (Lipinski definition) is 2. The Morgan fingerprint density at radius 2 is 1.89 bits per heavy atom. The lowest BCUT2D eigenvalue weighted by Gasteiger charge is -2.33. The van der Waals surface area contributed by atoms with Crippen molar-refractivity contribution in [2.24, 2.45) is 11.8 Å². The van der Waals surface area contributed by atoms with E-state index >= 15 is 0 Å². The molecule has 2 rings (SSSR count). The molecule has 1 aliphatic carbocycles. The first-order valence-electron chi connectivity index (χ1n) is 6.59. The number of carbonyl (C=O) groups excluding carboxylic acids is 1. The summed E-state index contributed by atoms with van der Waals surface area (Å²) in [6.45, 7) is 3.93. The average molecular weight is 261 g/mol. The van der Waals surface area contributed by atoms with E-state index < -0.39 is 11.9 Å². The van der Waals surface area contributed by atoms with Crippen molar-refractivity contribution in [2.75, 3.05) is 0 Å². The lowest BCUT2D eigenvalue weighted by molar-refractivity contribution is -0.152. The predicted octanol–water partition coefficient (Wildman–Crippen LogP) is 2.28. The quantitative estimate of drug-likeness (QED) is 0.873. The summed E-state index contributed by atoms with van der Waals surface area (Å²) in [6.07, 6.45) is 1.27. The minimum atomic E-state index is -0.866. The summed E-state index contributed by atoms with van der Waals surface area (Å²) in [7, 11) is 0. The first-order valence-corrected chi connectivity index (χ1v) is 6.59. The monoisotopic (exact) mass is 261 g/mol. The van der Waals surface area contributed by atoms with Crippen molar-refractivity contribution in [2.45, 2.75) is 32.7 Å². The molecule has 4 nitrogen and oxygen atoms in total. The van der Waals surface area contributed by atoms with Gasteiger partial charge >= 0.3 is 5.97 Å². The standard InChI is InChI=1S/C15H19NO3/c1-9-5-3-4-6-11(9)10(2)16-14(17)12-7-8-13(12)15(18)19/h3-6,10,12-13H,7-8H2,1-2H3,(H,16,17)(H,18,19). The number of nitrogens with one attached hydrogen (secondary N) is 1. The van der Waals surface area contributed by atoms with E-state index in [0.717, 1.165) is 11.1 Å². The number of aryl methyl sites for hydroxylation is 1. The summed E-state index contributed by atoms with van der Waals surface area (Å²) in [6, 6.07) is 7.79. The first kappa shape index (κ1) is 13.6. The van der Waals surface area contributed by atoms with Gasteiger partial charge in [0.2, 0.25) is 5.91 Å². The van der Waals surface area contributed by atoms with Gasteiger partial charge in [-0.3, -0.25) is 9.59 Å². The van der Waals surface area contributed by atoms with Crippen molar-refractivity contribution in [3.05, 3.63) is 35.4 Å². The summed E-state index contributed by atoms with van der Waals surface area (Å²) in [4.78, 5) is 23.0. The molecule has 1 saturated carbocycles. The number of carboxylic acids is 1. The lowest BCUT2D eigenvalue weighted by Crippen LogP contribution is -2.44. The molecule has 2 N–H and O–H groups in total. The van der Waals surface area contributed by atoms with Crippen LogP contribution in [-0.2, 0) is 9.59 Å². The minimum absolute atomic E-state index is 0.0938. The maximum Gasteiger partial charge on any atom is 0.307 e. The predicted molar refractivity (Wildman–Crippen MR) is 71.6 cm³/mol. The number of amides is 1. The Labute approximate surface area is 112 Å². The fourth-order valence-corrected chi connectivity index (χ4v) is 2.58. The lowest BCUT2D eigenvalue weighted by atomic mass is 9.73. The zero-order valence-corrected chi connectivity index (χ0v) is 11.2. The van der Waals surface area contributed by atoms with Crippen LogP contribution in [-0.4, -0.2) is 17.0 Å². The van der Waals surface area contributed by atoms with Gasteiger partial charge in [0.05, 0.1) is 17.9 Å². The number of aliphatic carboxylic acids is 1. The van der Waals surface area contributed by atoms with Gasteiger partial charge in [0, 0.05) is 0 Å². The highest BCUT2D eigenvalue weighted by Gasteiger charge is 2.41. The van der Waals surface area contributed by atoms with Crippen LogP contribution in [0.25, 0.3) is 0 Å². The van der Waals surface area contributed by atoms with E-state index in [1.807, 2.05) is 38.1 Å². The van der Waals surface area contributed by atoms with Crippen molar-refractivity contribution in [3.8, 4) is 0 Å². The summed E-state index contributed by atoms with van der Waals surface area (Å²) < 4.78 is 0. The number of benzene rings is 1. The van der Waals surface area contributed by atoms with Crippen molar-refractivity contribution < 1.29 is 14.7 Å². The Bertz CT molecular complexity index is 498. The number of carboxylic acid groups (broad SMARTS) is 1. The van der Waals surface area contributed by atoms with E-state index in [1.165, 1.54) is 0 Å². The first-order chi connectivity index (χ1) is 9.00. The van der Waals surface area contributed by atoms with E-state index in [0.29, 0.717) is 12.8 Å². The van der Waals surface area contributed by atoms with Crippen LogP contribution in [0.3, 0.4) is 0 Å². The molecule has 0 radical (unpaired) electrons. The van der Waals surface area contributed by atoms with Crippen molar-refractivity contribution in [3.63, 3.8) is 0 Å². The molecular weight excluding hydrogens is 242 g/mol. The zero-order chi connectivity index (χ0) is 14.0. The van der Waals surface area contributed by atoms with Gasteiger partial charge in [-0.2, -0.15) is 0 Å². The van der Waals surface area contributed by atoms with Crippen LogP contribution in [0, 0.1) is 18.8 Å². The van der Waals surface area contributed by atoms with Gasteiger partial charge in [-0.05, 0) is 37.8 Å². The van der Waals surface area contributed by atoms with Crippen LogP contribution in [0.15, 0.2) is 24.3 Å². The molecule has 102 valence electrons. The molecule has 3 atom stereocenters. The molecule has 0 spiro atoms. The summed E-state index contributed by atoms with van der Waals surface area (Å²) >= 11 is 0. The molecule has 1 aromatic carbocycles. The molecule has 0 heterocycles. The zero-order valence-electron chi connectivity index (χ0n) is 11.2. The van der Waals surface area contributed by atoms with Gasteiger partial charge < -0.3 is 10.4 Å². The van der Waals surface area contributed by atoms with Gasteiger partial charge in [-0.1, -0.05) is 24.3 Å².